The van der Waals surface area contributed by atoms with Crippen LogP contribution in [0.2, 0.25) is 0 Å². The second-order valence-electron chi connectivity index (χ2n) is 5.24. The molecule has 2 N–H and O–H groups in total. The molecule has 0 aromatic rings. The molecule has 0 spiro atoms. The van der Waals surface area contributed by atoms with Gasteiger partial charge in [-0.05, 0) is 33.1 Å². The first-order valence-corrected chi connectivity index (χ1v) is 6.01. The summed E-state index contributed by atoms with van der Waals surface area (Å²) in [6.07, 6.45) is 6.80. The summed E-state index contributed by atoms with van der Waals surface area (Å²) < 4.78 is 0. The normalized spacial score (nSPS) is 29.1. The summed E-state index contributed by atoms with van der Waals surface area (Å²) in [7, 11) is 0. The van der Waals surface area contributed by atoms with Crippen molar-refractivity contribution in [2.45, 2.75) is 77.0 Å². The van der Waals surface area contributed by atoms with E-state index < -0.39 is 0 Å². The Kier molecular flexibility index (Phi) is 4.39. The highest BCUT2D eigenvalue weighted by Crippen LogP contribution is 2.22. The molecule has 0 aromatic heterocycles. The van der Waals surface area contributed by atoms with Crippen LogP contribution in [0.25, 0.3) is 0 Å². The minimum absolute atomic E-state index is 0.125. The van der Waals surface area contributed by atoms with E-state index >= 15 is 0 Å². The first kappa shape index (κ1) is 12.0. The van der Waals surface area contributed by atoms with E-state index in [2.05, 4.69) is 26.1 Å². The maximum atomic E-state index is 9.84. The molecule has 2 atom stereocenters. The first-order chi connectivity index (χ1) is 6.55. The predicted octanol–water partition coefficient (Wildman–Crippen LogP) is 2.46. The lowest BCUT2D eigenvalue weighted by molar-refractivity contribution is 0.0744. The minimum Gasteiger partial charge on any atom is -0.392 e. The van der Waals surface area contributed by atoms with Gasteiger partial charge in [-0.15, -0.1) is 0 Å². The van der Waals surface area contributed by atoms with Gasteiger partial charge in [0, 0.05) is 11.6 Å². The van der Waals surface area contributed by atoms with Crippen LogP contribution in [0.1, 0.15) is 59.3 Å². The molecule has 0 heterocycles. The van der Waals surface area contributed by atoms with Crippen LogP contribution in [-0.2, 0) is 0 Å². The molecule has 1 aliphatic rings. The molecule has 0 radical (unpaired) electrons. The molecule has 0 bridgehead atoms. The first-order valence-electron chi connectivity index (χ1n) is 6.01. The number of hydrogen-bond acceptors (Lipinski definition) is 2. The summed E-state index contributed by atoms with van der Waals surface area (Å²) in [6.45, 7) is 6.68. The number of nitrogens with one attached hydrogen (secondary N) is 1. The molecule has 0 aliphatic heterocycles. The fourth-order valence-corrected chi connectivity index (χ4v) is 2.48. The standard InChI is InChI=1S/C12H25NO/c1-4-9-12(2,3)13-10-7-5-6-8-11(10)14/h10-11,13-14H,4-9H2,1-3H3/t10-,11-/m0/s1. The molecule has 84 valence electrons. The van der Waals surface area contributed by atoms with Crippen molar-refractivity contribution >= 4 is 0 Å². The van der Waals surface area contributed by atoms with Crippen molar-refractivity contribution in [3.63, 3.8) is 0 Å². The number of rotatable bonds is 4. The molecule has 14 heavy (non-hydrogen) atoms. The molecule has 1 fully saturated rings. The summed E-state index contributed by atoms with van der Waals surface area (Å²) in [5, 5.41) is 13.4. The molecule has 1 saturated carbocycles. The minimum atomic E-state index is -0.125. The summed E-state index contributed by atoms with van der Waals surface area (Å²) in [5.41, 5.74) is 0.178. The van der Waals surface area contributed by atoms with E-state index in [0.29, 0.717) is 6.04 Å². The van der Waals surface area contributed by atoms with Gasteiger partial charge >= 0.3 is 0 Å². The third-order valence-corrected chi connectivity index (χ3v) is 3.18. The van der Waals surface area contributed by atoms with Crippen LogP contribution in [0.5, 0.6) is 0 Å². The lowest BCUT2D eigenvalue weighted by Gasteiger charge is -2.36. The van der Waals surface area contributed by atoms with Gasteiger partial charge in [-0.2, -0.15) is 0 Å². The van der Waals surface area contributed by atoms with Gasteiger partial charge in [0.1, 0.15) is 0 Å². The lowest BCUT2D eigenvalue weighted by atomic mass is 9.89. The monoisotopic (exact) mass is 199 g/mol. The van der Waals surface area contributed by atoms with Crippen LogP contribution < -0.4 is 5.32 Å². The largest absolute Gasteiger partial charge is 0.392 e. The lowest BCUT2D eigenvalue weighted by Crippen LogP contribution is -2.52. The third kappa shape index (κ3) is 3.58. The molecule has 2 heteroatoms. The van der Waals surface area contributed by atoms with E-state index in [0.717, 1.165) is 12.8 Å². The highest BCUT2D eigenvalue weighted by atomic mass is 16.3. The van der Waals surface area contributed by atoms with Gasteiger partial charge in [0.25, 0.3) is 0 Å². The maximum absolute atomic E-state index is 9.84. The Balaban J connectivity index is 2.40. The van der Waals surface area contributed by atoms with Crippen molar-refractivity contribution in [1.29, 1.82) is 0 Å². The molecule has 1 aliphatic carbocycles. The molecule has 0 amide bonds. The third-order valence-electron chi connectivity index (χ3n) is 3.18. The zero-order chi connectivity index (χ0) is 10.6. The summed E-state index contributed by atoms with van der Waals surface area (Å²) in [4.78, 5) is 0. The summed E-state index contributed by atoms with van der Waals surface area (Å²) in [5.74, 6) is 0. The Bertz CT molecular complexity index is 168. The Labute approximate surface area is 88.1 Å². The van der Waals surface area contributed by atoms with Gasteiger partial charge in [0.05, 0.1) is 6.10 Å². The molecular formula is C12H25NO. The van der Waals surface area contributed by atoms with Crippen molar-refractivity contribution in [2.24, 2.45) is 0 Å². The highest BCUT2D eigenvalue weighted by molar-refractivity contribution is 4.87. The Morgan fingerprint density at radius 3 is 2.50 bits per heavy atom. The molecule has 0 aromatic carbocycles. The van der Waals surface area contributed by atoms with Gasteiger partial charge in [0.15, 0.2) is 0 Å². The van der Waals surface area contributed by atoms with E-state index in [4.69, 9.17) is 0 Å². The highest BCUT2D eigenvalue weighted by Gasteiger charge is 2.28. The average molecular weight is 199 g/mol. The fraction of sp³-hybridized carbons (Fsp3) is 1.00. The molecule has 0 unspecified atom stereocenters. The van der Waals surface area contributed by atoms with Gasteiger partial charge in [-0.3, -0.25) is 0 Å². The van der Waals surface area contributed by atoms with Crippen LogP contribution >= 0.6 is 0 Å². The van der Waals surface area contributed by atoms with Crippen molar-refractivity contribution in [2.75, 3.05) is 0 Å². The van der Waals surface area contributed by atoms with Crippen LogP contribution in [0.15, 0.2) is 0 Å². The van der Waals surface area contributed by atoms with Crippen LogP contribution in [0.3, 0.4) is 0 Å². The average Bonchev–Trinajstić information content (AvgIpc) is 2.08. The van der Waals surface area contributed by atoms with Crippen molar-refractivity contribution in [1.82, 2.24) is 5.32 Å². The second-order valence-corrected chi connectivity index (χ2v) is 5.24. The van der Waals surface area contributed by atoms with Gasteiger partial charge < -0.3 is 10.4 Å². The second kappa shape index (κ2) is 5.13. The molecular weight excluding hydrogens is 174 g/mol. The van der Waals surface area contributed by atoms with E-state index in [9.17, 15) is 5.11 Å². The van der Waals surface area contributed by atoms with E-state index in [-0.39, 0.29) is 11.6 Å². The number of aliphatic hydroxyl groups excluding tert-OH is 1. The van der Waals surface area contributed by atoms with Crippen molar-refractivity contribution in [3.8, 4) is 0 Å². The SMILES string of the molecule is CCCC(C)(C)N[C@H]1CCCC[C@@H]1O. The zero-order valence-corrected chi connectivity index (χ0v) is 9.84. The van der Waals surface area contributed by atoms with E-state index in [1.165, 1.54) is 25.7 Å². The Morgan fingerprint density at radius 2 is 1.93 bits per heavy atom. The molecule has 0 saturated heterocycles. The molecule has 2 nitrogen and oxygen atoms in total. The summed E-state index contributed by atoms with van der Waals surface area (Å²) >= 11 is 0. The number of hydrogen-bond donors (Lipinski definition) is 2. The fourth-order valence-electron chi connectivity index (χ4n) is 2.48. The number of aliphatic hydroxyl groups is 1. The molecule has 1 rings (SSSR count). The van der Waals surface area contributed by atoms with Crippen LogP contribution in [-0.4, -0.2) is 22.8 Å². The zero-order valence-electron chi connectivity index (χ0n) is 9.84. The predicted molar refractivity (Wildman–Crippen MR) is 60.4 cm³/mol. The Morgan fingerprint density at radius 1 is 1.29 bits per heavy atom. The smallest absolute Gasteiger partial charge is 0.0693 e. The van der Waals surface area contributed by atoms with Crippen molar-refractivity contribution in [3.05, 3.63) is 0 Å². The van der Waals surface area contributed by atoms with Gasteiger partial charge in [0.2, 0.25) is 0 Å². The van der Waals surface area contributed by atoms with Gasteiger partial charge in [-0.25, -0.2) is 0 Å². The van der Waals surface area contributed by atoms with Crippen LogP contribution in [0.4, 0.5) is 0 Å². The maximum Gasteiger partial charge on any atom is 0.0693 e. The van der Waals surface area contributed by atoms with E-state index in [1.54, 1.807) is 0 Å². The quantitative estimate of drug-likeness (QED) is 0.729. The van der Waals surface area contributed by atoms with E-state index in [1.807, 2.05) is 0 Å². The van der Waals surface area contributed by atoms with Crippen molar-refractivity contribution < 1.29 is 5.11 Å². The van der Waals surface area contributed by atoms with Gasteiger partial charge in [-0.1, -0.05) is 26.2 Å². The van der Waals surface area contributed by atoms with Crippen LogP contribution in [0, 0.1) is 0 Å². The topological polar surface area (TPSA) is 32.3 Å². The summed E-state index contributed by atoms with van der Waals surface area (Å²) in [6, 6.07) is 0.324. The Hall–Kier alpha value is -0.0800.